The smallest absolute Gasteiger partial charge is 0.303 e. The number of carbonyl (C=O) groups is 2. The first-order chi connectivity index (χ1) is 11.6. The molecule has 4 atom stereocenters. The highest BCUT2D eigenvalue weighted by Gasteiger charge is 2.48. The Morgan fingerprint density at radius 2 is 1.96 bits per heavy atom. The Morgan fingerprint density at radius 1 is 1.28 bits per heavy atom. The Hall–Kier alpha value is -1.38. The predicted molar refractivity (Wildman–Crippen MR) is 101 cm³/mol. The molecule has 2 aliphatic carbocycles. The van der Waals surface area contributed by atoms with E-state index in [-0.39, 0.29) is 17.8 Å². The van der Waals surface area contributed by atoms with Gasteiger partial charge in [-0.15, -0.1) is 0 Å². The van der Waals surface area contributed by atoms with Crippen LogP contribution in [0.3, 0.4) is 0 Å². The summed E-state index contributed by atoms with van der Waals surface area (Å²) in [6.45, 7) is 14.2. The van der Waals surface area contributed by atoms with Crippen molar-refractivity contribution < 1.29 is 14.3 Å². The van der Waals surface area contributed by atoms with E-state index in [9.17, 15) is 9.59 Å². The van der Waals surface area contributed by atoms with Gasteiger partial charge in [-0.2, -0.15) is 0 Å². The van der Waals surface area contributed by atoms with Gasteiger partial charge in [0.05, 0.1) is 0 Å². The average molecular weight is 347 g/mol. The molecule has 0 aromatic rings. The van der Waals surface area contributed by atoms with Gasteiger partial charge in [0.25, 0.3) is 0 Å². The van der Waals surface area contributed by atoms with E-state index in [2.05, 4.69) is 40.3 Å². The van der Waals surface area contributed by atoms with Crippen LogP contribution in [0.4, 0.5) is 0 Å². The number of hydrogen-bond donors (Lipinski definition) is 0. The average Bonchev–Trinajstić information content (AvgIpc) is 2.66. The summed E-state index contributed by atoms with van der Waals surface area (Å²) in [6.07, 6.45) is 7.44. The second kappa shape index (κ2) is 7.88. The lowest BCUT2D eigenvalue weighted by atomic mass is 9.82. The van der Waals surface area contributed by atoms with E-state index in [0.29, 0.717) is 30.5 Å². The van der Waals surface area contributed by atoms with Crippen LogP contribution in [-0.2, 0) is 14.3 Å². The number of Topliss-reactive ketones (excluding diaryl/α,β-unsaturated/α-hetero) is 1. The van der Waals surface area contributed by atoms with Crippen molar-refractivity contribution in [1.29, 1.82) is 0 Å². The predicted octanol–water partition coefficient (Wildman–Crippen LogP) is 5.25. The molecule has 140 valence electrons. The zero-order chi connectivity index (χ0) is 18.8. The Labute approximate surface area is 152 Å². The third-order valence-electron chi connectivity index (χ3n) is 5.92. The quantitative estimate of drug-likeness (QED) is 0.487. The Bertz CT molecular complexity index is 572. The van der Waals surface area contributed by atoms with Crippen molar-refractivity contribution >= 4 is 11.8 Å². The molecule has 3 heteroatoms. The van der Waals surface area contributed by atoms with Crippen LogP contribution >= 0.6 is 0 Å². The van der Waals surface area contributed by atoms with E-state index in [4.69, 9.17) is 4.74 Å². The van der Waals surface area contributed by atoms with Gasteiger partial charge in [0.1, 0.15) is 11.4 Å². The molecule has 2 aliphatic rings. The van der Waals surface area contributed by atoms with Gasteiger partial charge in [0.2, 0.25) is 0 Å². The van der Waals surface area contributed by atoms with Crippen LogP contribution in [0.15, 0.2) is 23.8 Å². The number of fused-ring (bicyclic) bond motifs is 1. The molecule has 0 spiro atoms. The summed E-state index contributed by atoms with van der Waals surface area (Å²) in [5.41, 5.74) is 2.16. The molecule has 0 unspecified atom stereocenters. The van der Waals surface area contributed by atoms with Crippen LogP contribution < -0.4 is 0 Å². The van der Waals surface area contributed by atoms with Gasteiger partial charge in [-0.05, 0) is 50.4 Å². The largest absolute Gasteiger partial charge is 0.459 e. The summed E-state index contributed by atoms with van der Waals surface area (Å²) in [5, 5.41) is 0. The minimum Gasteiger partial charge on any atom is -0.459 e. The standard InChI is InChI=1S/C22H34O3/c1-14(2)11-19(24)12-16(4)18-8-7-15(3)20-9-10-22(6,21(20)13-18)25-17(5)23/h13-14,16,20-21H,3,7-12H2,1-2,4-6H3/t16-,20+,21+,22+/m0/s1. The molecule has 3 nitrogen and oxygen atoms in total. The highest BCUT2D eigenvalue weighted by molar-refractivity contribution is 5.79. The van der Waals surface area contributed by atoms with Crippen molar-refractivity contribution in [3.8, 4) is 0 Å². The zero-order valence-electron chi connectivity index (χ0n) is 16.6. The molecule has 0 aliphatic heterocycles. The molecule has 0 radical (unpaired) electrons. The molecule has 0 amide bonds. The Morgan fingerprint density at radius 3 is 2.56 bits per heavy atom. The molecule has 0 N–H and O–H groups in total. The normalized spacial score (nSPS) is 30.5. The second-order valence-electron chi connectivity index (χ2n) is 8.72. The lowest BCUT2D eigenvalue weighted by Crippen LogP contribution is -2.36. The highest BCUT2D eigenvalue weighted by Crippen LogP contribution is 2.50. The van der Waals surface area contributed by atoms with Gasteiger partial charge >= 0.3 is 5.97 Å². The molecular weight excluding hydrogens is 312 g/mol. The number of carbonyl (C=O) groups excluding carboxylic acids is 2. The van der Waals surface area contributed by atoms with Crippen LogP contribution in [0.25, 0.3) is 0 Å². The number of ketones is 1. The van der Waals surface area contributed by atoms with Crippen LogP contribution in [0.2, 0.25) is 0 Å². The van der Waals surface area contributed by atoms with Crippen LogP contribution in [0, 0.1) is 23.7 Å². The van der Waals surface area contributed by atoms with Gasteiger partial charge < -0.3 is 4.74 Å². The summed E-state index contributed by atoms with van der Waals surface area (Å²) in [4.78, 5) is 23.8. The lowest BCUT2D eigenvalue weighted by molar-refractivity contribution is -0.157. The minimum absolute atomic E-state index is 0.184. The zero-order valence-corrected chi connectivity index (χ0v) is 16.6. The summed E-state index contributed by atoms with van der Waals surface area (Å²) in [7, 11) is 0. The molecule has 25 heavy (non-hydrogen) atoms. The van der Waals surface area contributed by atoms with Crippen molar-refractivity contribution in [2.24, 2.45) is 23.7 Å². The topological polar surface area (TPSA) is 43.4 Å². The SMILES string of the molecule is C=C1CCC([C@@H](C)CC(=O)CC(C)C)=C[C@@H]2[C@@H]1CC[C@@]2(C)OC(C)=O. The van der Waals surface area contributed by atoms with E-state index >= 15 is 0 Å². The second-order valence-corrected chi connectivity index (χ2v) is 8.72. The van der Waals surface area contributed by atoms with E-state index in [1.807, 2.05) is 0 Å². The number of ether oxygens (including phenoxy) is 1. The number of hydrogen-bond acceptors (Lipinski definition) is 3. The molecule has 2 rings (SSSR count). The van der Waals surface area contributed by atoms with Crippen molar-refractivity contribution in [2.75, 3.05) is 0 Å². The van der Waals surface area contributed by atoms with Crippen molar-refractivity contribution in [1.82, 2.24) is 0 Å². The van der Waals surface area contributed by atoms with Gasteiger partial charge in [-0.1, -0.05) is 44.6 Å². The van der Waals surface area contributed by atoms with E-state index in [1.54, 1.807) is 0 Å². The maximum Gasteiger partial charge on any atom is 0.303 e. The van der Waals surface area contributed by atoms with Crippen LogP contribution in [-0.4, -0.2) is 17.4 Å². The maximum absolute atomic E-state index is 12.2. The summed E-state index contributed by atoms with van der Waals surface area (Å²) >= 11 is 0. The van der Waals surface area contributed by atoms with Gasteiger partial charge in [0.15, 0.2) is 0 Å². The molecule has 0 aromatic carbocycles. The number of esters is 1. The molecule has 0 bridgehead atoms. The Balaban J connectivity index is 2.21. The summed E-state index contributed by atoms with van der Waals surface area (Å²) in [5.74, 6) is 1.36. The first-order valence-electron chi connectivity index (χ1n) is 9.72. The Kier molecular flexibility index (Phi) is 6.29. The fraction of sp³-hybridized carbons (Fsp3) is 0.727. The molecule has 0 saturated heterocycles. The van der Waals surface area contributed by atoms with E-state index < -0.39 is 5.60 Å². The highest BCUT2D eigenvalue weighted by atomic mass is 16.6. The third-order valence-corrected chi connectivity index (χ3v) is 5.92. The fourth-order valence-corrected chi connectivity index (χ4v) is 4.64. The molecule has 0 heterocycles. The number of rotatable bonds is 6. The monoisotopic (exact) mass is 346 g/mol. The minimum atomic E-state index is -0.448. The van der Waals surface area contributed by atoms with Crippen LogP contribution in [0.5, 0.6) is 0 Å². The molecule has 1 fully saturated rings. The van der Waals surface area contributed by atoms with E-state index in [1.165, 1.54) is 18.1 Å². The first kappa shape index (κ1) is 19.9. The van der Waals surface area contributed by atoms with Gasteiger partial charge in [-0.3, -0.25) is 9.59 Å². The third kappa shape index (κ3) is 4.83. The van der Waals surface area contributed by atoms with Crippen molar-refractivity contribution in [3.05, 3.63) is 23.8 Å². The first-order valence-corrected chi connectivity index (χ1v) is 9.72. The van der Waals surface area contributed by atoms with Crippen molar-refractivity contribution in [3.63, 3.8) is 0 Å². The lowest BCUT2D eigenvalue weighted by Gasteiger charge is -2.32. The molecule has 0 aromatic heterocycles. The van der Waals surface area contributed by atoms with Crippen LogP contribution in [0.1, 0.15) is 73.1 Å². The molecular formula is C22H34O3. The molecule has 1 saturated carbocycles. The maximum atomic E-state index is 12.2. The van der Waals surface area contributed by atoms with Crippen molar-refractivity contribution in [2.45, 2.75) is 78.7 Å². The van der Waals surface area contributed by atoms with E-state index in [0.717, 1.165) is 25.7 Å². The van der Waals surface area contributed by atoms with Gasteiger partial charge in [-0.25, -0.2) is 0 Å². The van der Waals surface area contributed by atoms with Gasteiger partial charge in [0, 0.05) is 25.7 Å². The summed E-state index contributed by atoms with van der Waals surface area (Å²) < 4.78 is 5.74. The fourth-order valence-electron chi connectivity index (χ4n) is 4.64. The number of allylic oxidation sites excluding steroid dienone is 2. The summed E-state index contributed by atoms with van der Waals surface area (Å²) in [6, 6.07) is 0.